The third-order valence-electron chi connectivity index (χ3n) is 5.57. The van der Waals surface area contributed by atoms with E-state index in [2.05, 4.69) is 29.5 Å². The molecule has 1 saturated carbocycles. The van der Waals surface area contributed by atoms with E-state index in [4.69, 9.17) is 14.2 Å². The van der Waals surface area contributed by atoms with E-state index in [1.165, 1.54) is 6.42 Å². The molecule has 1 aromatic rings. The van der Waals surface area contributed by atoms with Crippen LogP contribution < -0.4 is 20.1 Å². The second-order valence-corrected chi connectivity index (χ2v) is 7.54. The number of nitrogens with zero attached hydrogens (tertiary/aromatic N) is 1. The van der Waals surface area contributed by atoms with E-state index in [0.717, 1.165) is 36.2 Å². The fraction of sp³-hybridized carbons (Fsp3) is 0.650. The van der Waals surface area contributed by atoms with Crippen LogP contribution in [0.4, 0.5) is 5.69 Å². The molecule has 0 bridgehead atoms. The summed E-state index contributed by atoms with van der Waals surface area (Å²) >= 11 is 0. The van der Waals surface area contributed by atoms with Crippen LogP contribution in [0.15, 0.2) is 23.2 Å². The van der Waals surface area contributed by atoms with E-state index in [9.17, 15) is 0 Å². The molecule has 0 amide bonds. The van der Waals surface area contributed by atoms with Crippen LogP contribution in [0.2, 0.25) is 0 Å². The van der Waals surface area contributed by atoms with Crippen molar-refractivity contribution >= 4 is 35.6 Å². The lowest BCUT2D eigenvalue weighted by molar-refractivity contribution is -0.188. The van der Waals surface area contributed by atoms with Gasteiger partial charge in [-0.25, -0.2) is 0 Å². The molecule has 27 heavy (non-hydrogen) atoms. The predicted octanol–water partition coefficient (Wildman–Crippen LogP) is 3.90. The van der Waals surface area contributed by atoms with E-state index in [0.29, 0.717) is 24.7 Å². The van der Waals surface area contributed by atoms with Gasteiger partial charge in [-0.2, -0.15) is 0 Å². The first-order valence-corrected chi connectivity index (χ1v) is 9.44. The Morgan fingerprint density at radius 2 is 2.11 bits per heavy atom. The summed E-state index contributed by atoms with van der Waals surface area (Å²) in [6.45, 7) is 7.97. The first-order valence-electron chi connectivity index (χ1n) is 9.44. The first-order chi connectivity index (χ1) is 12.5. The van der Waals surface area contributed by atoms with Crippen molar-refractivity contribution < 1.29 is 14.2 Å². The van der Waals surface area contributed by atoms with Crippen molar-refractivity contribution in [3.05, 3.63) is 18.2 Å². The van der Waals surface area contributed by atoms with Crippen molar-refractivity contribution in [3.63, 3.8) is 0 Å². The number of hydrogen-bond donors (Lipinski definition) is 2. The lowest BCUT2D eigenvalue weighted by Crippen LogP contribution is -2.70. The van der Waals surface area contributed by atoms with Gasteiger partial charge in [-0.05, 0) is 31.9 Å². The van der Waals surface area contributed by atoms with Crippen molar-refractivity contribution in [1.82, 2.24) is 5.32 Å². The van der Waals surface area contributed by atoms with E-state index in [1.807, 2.05) is 25.1 Å². The summed E-state index contributed by atoms with van der Waals surface area (Å²) in [5.74, 6) is 2.76. The summed E-state index contributed by atoms with van der Waals surface area (Å²) in [4.78, 5) is 4.41. The summed E-state index contributed by atoms with van der Waals surface area (Å²) in [7, 11) is 3.44. The minimum Gasteiger partial charge on any atom is -0.493 e. The highest BCUT2D eigenvalue weighted by Gasteiger charge is 2.58. The zero-order valence-corrected chi connectivity index (χ0v) is 19.2. The highest BCUT2D eigenvalue weighted by atomic mass is 127. The molecular weight excluding hydrogens is 457 g/mol. The van der Waals surface area contributed by atoms with Crippen LogP contribution in [0.25, 0.3) is 0 Å². The maximum absolute atomic E-state index is 5.99. The molecule has 3 rings (SSSR count). The second-order valence-electron chi connectivity index (χ2n) is 7.54. The largest absolute Gasteiger partial charge is 0.493 e. The van der Waals surface area contributed by atoms with Crippen molar-refractivity contribution in [3.8, 4) is 11.5 Å². The van der Waals surface area contributed by atoms with E-state index in [1.54, 1.807) is 14.2 Å². The number of hydrogen-bond acceptors (Lipinski definition) is 4. The number of nitrogens with one attached hydrogen (secondary N) is 2. The van der Waals surface area contributed by atoms with Gasteiger partial charge in [0.05, 0.1) is 19.8 Å². The molecule has 0 radical (unpaired) electrons. The van der Waals surface area contributed by atoms with Crippen LogP contribution >= 0.6 is 24.0 Å². The van der Waals surface area contributed by atoms with Crippen molar-refractivity contribution in [2.45, 2.75) is 45.8 Å². The molecule has 0 aromatic heterocycles. The van der Waals surface area contributed by atoms with E-state index in [-0.39, 0.29) is 29.4 Å². The van der Waals surface area contributed by atoms with Gasteiger partial charge >= 0.3 is 0 Å². The molecule has 1 saturated heterocycles. The number of aliphatic imine (C=N–C) groups is 1. The summed E-state index contributed by atoms with van der Waals surface area (Å²) in [5.41, 5.74) is 1.01. The van der Waals surface area contributed by atoms with Gasteiger partial charge in [0.15, 0.2) is 17.5 Å². The smallest absolute Gasteiger partial charge is 0.195 e. The van der Waals surface area contributed by atoms with Gasteiger partial charge in [-0.3, -0.25) is 4.99 Å². The number of rotatable bonds is 5. The van der Waals surface area contributed by atoms with Crippen molar-refractivity contribution in [2.24, 2.45) is 16.3 Å². The number of ether oxygens (including phenoxy) is 3. The molecule has 1 heterocycles. The third kappa shape index (κ3) is 4.45. The Morgan fingerprint density at radius 1 is 1.33 bits per heavy atom. The van der Waals surface area contributed by atoms with Crippen molar-refractivity contribution in [1.29, 1.82) is 0 Å². The topological polar surface area (TPSA) is 64.1 Å². The molecule has 3 unspecified atom stereocenters. The molecule has 2 aliphatic rings. The lowest BCUT2D eigenvalue weighted by Gasteiger charge is -2.60. The Bertz CT molecular complexity index is 666. The Balaban J connectivity index is 0.00000261. The number of benzene rings is 1. The number of halogens is 1. The van der Waals surface area contributed by atoms with E-state index >= 15 is 0 Å². The van der Waals surface area contributed by atoms with Gasteiger partial charge in [0, 0.05) is 42.8 Å². The minimum atomic E-state index is 0. The number of guanidine groups is 1. The van der Waals surface area contributed by atoms with Crippen LogP contribution in [0.3, 0.4) is 0 Å². The van der Waals surface area contributed by atoms with Crippen molar-refractivity contribution in [2.75, 3.05) is 32.7 Å². The molecule has 6 nitrogen and oxygen atoms in total. The van der Waals surface area contributed by atoms with Gasteiger partial charge in [0.25, 0.3) is 0 Å². The summed E-state index contributed by atoms with van der Waals surface area (Å²) in [6.07, 6.45) is 2.69. The maximum atomic E-state index is 5.99. The molecular formula is C20H32IN3O3. The van der Waals surface area contributed by atoms with Gasteiger partial charge in [0.2, 0.25) is 0 Å². The molecule has 1 aromatic carbocycles. The summed E-state index contributed by atoms with van der Waals surface area (Å²) < 4.78 is 17.0. The van der Waals surface area contributed by atoms with Crippen LogP contribution in [-0.4, -0.2) is 45.5 Å². The van der Waals surface area contributed by atoms with Gasteiger partial charge in [-0.1, -0.05) is 13.8 Å². The number of methoxy groups -OCH3 is 1. The molecule has 152 valence electrons. The fourth-order valence-electron chi connectivity index (χ4n) is 4.28. The fourth-order valence-corrected chi connectivity index (χ4v) is 4.28. The molecule has 3 atom stereocenters. The van der Waals surface area contributed by atoms with Crippen LogP contribution in [-0.2, 0) is 4.74 Å². The van der Waals surface area contributed by atoms with Crippen LogP contribution in [0.5, 0.6) is 11.5 Å². The average Bonchev–Trinajstić information content (AvgIpc) is 2.65. The summed E-state index contributed by atoms with van der Waals surface area (Å²) in [5, 5.41) is 6.98. The Morgan fingerprint density at radius 3 is 2.78 bits per heavy atom. The van der Waals surface area contributed by atoms with Gasteiger partial charge in [-0.15, -0.1) is 24.0 Å². The molecule has 1 aliphatic heterocycles. The zero-order chi connectivity index (χ0) is 18.7. The monoisotopic (exact) mass is 489 g/mol. The molecule has 2 N–H and O–H groups in total. The lowest BCUT2D eigenvalue weighted by atomic mass is 9.55. The molecule has 1 aliphatic carbocycles. The number of anilines is 1. The zero-order valence-electron chi connectivity index (χ0n) is 16.9. The standard InChI is InChI=1S/C20H31N3O3.HI/c1-6-25-16-12-13(9-10-15(16)24-5)22-19(21-4)23-17-14-8-7-11-26-18(14)20(17,2)3;/h9-10,12,14,17-18H,6-8,11H2,1-5H3,(H2,21,22,23);1H. The Labute approximate surface area is 179 Å². The van der Waals surface area contributed by atoms with Crippen LogP contribution in [0.1, 0.15) is 33.6 Å². The molecule has 7 heteroatoms. The van der Waals surface area contributed by atoms with Gasteiger partial charge in [0.1, 0.15) is 0 Å². The quantitative estimate of drug-likeness (QED) is 0.373. The van der Waals surface area contributed by atoms with Gasteiger partial charge < -0.3 is 24.8 Å². The first kappa shape index (κ1) is 22.1. The number of fused-ring (bicyclic) bond motifs is 1. The Hall–Kier alpha value is -1.22. The second kappa shape index (κ2) is 9.32. The molecule has 0 spiro atoms. The Kier molecular flexibility index (Phi) is 7.62. The maximum Gasteiger partial charge on any atom is 0.195 e. The SMILES string of the molecule is CCOc1cc(NC(=NC)NC2C3CCCOC3C2(C)C)ccc1OC.I. The normalized spacial score (nSPS) is 26.1. The highest BCUT2D eigenvalue weighted by Crippen LogP contribution is 2.51. The minimum absolute atomic E-state index is 0. The van der Waals surface area contributed by atoms with Crippen LogP contribution in [0, 0.1) is 11.3 Å². The molecule has 2 fully saturated rings. The third-order valence-corrected chi connectivity index (χ3v) is 5.57. The van der Waals surface area contributed by atoms with E-state index < -0.39 is 0 Å². The average molecular weight is 489 g/mol. The predicted molar refractivity (Wildman–Crippen MR) is 120 cm³/mol. The highest BCUT2D eigenvalue weighted by molar-refractivity contribution is 14.0. The summed E-state index contributed by atoms with van der Waals surface area (Å²) in [6, 6.07) is 6.16.